The number of nitrogens with one attached hydrogen (secondary N) is 2. The first-order valence-electron chi connectivity index (χ1n) is 12.7. The molecule has 2 aromatic heterocycles. The van der Waals surface area contributed by atoms with Gasteiger partial charge in [-0.3, -0.25) is 0 Å². The molecule has 1 saturated heterocycles. The van der Waals surface area contributed by atoms with Crippen LogP contribution in [0.5, 0.6) is 0 Å². The highest BCUT2D eigenvalue weighted by Gasteiger charge is 2.29. The van der Waals surface area contributed by atoms with Gasteiger partial charge in [-0.25, -0.2) is 19.1 Å². The number of hydrogen-bond donors (Lipinski definition) is 2. The lowest BCUT2D eigenvalue weighted by Gasteiger charge is -2.36. The Balaban J connectivity index is 1.97. The largest absolute Gasteiger partial charge is 0.444 e. The molecule has 2 N–H and O–H groups in total. The molecule has 0 bridgehead atoms. The SMILES string of the molecule is COCCCNc1cn(C(=O)OC(C)(C)C)c2ncc(Br)c(N3CCC[C@@H](NC(=O)OC(C)(C)C)C3)c12. The summed E-state index contributed by atoms with van der Waals surface area (Å²) in [5, 5.41) is 7.28. The van der Waals surface area contributed by atoms with Gasteiger partial charge in [-0.15, -0.1) is 0 Å². The van der Waals surface area contributed by atoms with Crippen LogP contribution in [0.4, 0.5) is 21.0 Å². The zero-order valence-electron chi connectivity index (χ0n) is 22.9. The van der Waals surface area contributed by atoms with Gasteiger partial charge in [0.2, 0.25) is 0 Å². The first-order chi connectivity index (χ1) is 17.3. The summed E-state index contributed by atoms with van der Waals surface area (Å²) < 4.78 is 18.6. The molecule has 0 aromatic carbocycles. The molecule has 0 saturated carbocycles. The first kappa shape index (κ1) is 29.0. The molecule has 10 nitrogen and oxygen atoms in total. The molecular formula is C26H40BrN5O5. The minimum Gasteiger partial charge on any atom is -0.444 e. The van der Waals surface area contributed by atoms with Crippen LogP contribution in [-0.4, -0.2) is 72.3 Å². The van der Waals surface area contributed by atoms with Gasteiger partial charge in [0.05, 0.1) is 21.2 Å². The van der Waals surface area contributed by atoms with Crippen LogP contribution in [0.25, 0.3) is 11.0 Å². The van der Waals surface area contributed by atoms with Crippen LogP contribution in [0.1, 0.15) is 60.8 Å². The quantitative estimate of drug-likeness (QED) is 0.411. The molecule has 3 rings (SSSR count). The summed E-state index contributed by atoms with van der Waals surface area (Å²) in [4.78, 5) is 32.3. The second-order valence-electron chi connectivity index (χ2n) is 11.3. The van der Waals surface area contributed by atoms with Crippen molar-refractivity contribution in [2.45, 2.75) is 78.0 Å². The second kappa shape index (κ2) is 11.9. The number of carbonyl (C=O) groups excluding carboxylic acids is 2. The molecule has 3 heterocycles. The molecule has 1 aliphatic rings. The molecular weight excluding hydrogens is 542 g/mol. The number of ether oxygens (including phenoxy) is 3. The van der Waals surface area contributed by atoms with E-state index in [0.29, 0.717) is 25.3 Å². The third-order valence-corrected chi connectivity index (χ3v) is 6.21. The van der Waals surface area contributed by atoms with E-state index in [2.05, 4.69) is 36.4 Å². The van der Waals surface area contributed by atoms with Crippen molar-refractivity contribution < 1.29 is 23.8 Å². The maximum Gasteiger partial charge on any atom is 0.420 e. The summed E-state index contributed by atoms with van der Waals surface area (Å²) >= 11 is 3.70. The molecule has 0 spiro atoms. The van der Waals surface area contributed by atoms with Gasteiger partial charge in [0.15, 0.2) is 5.65 Å². The number of hydrogen-bond acceptors (Lipinski definition) is 8. The van der Waals surface area contributed by atoms with Crippen molar-refractivity contribution in [1.29, 1.82) is 0 Å². The maximum absolute atomic E-state index is 13.1. The van der Waals surface area contributed by atoms with Crippen molar-refractivity contribution in [1.82, 2.24) is 14.9 Å². The average molecular weight is 583 g/mol. The number of alkyl carbamates (subject to hydrolysis) is 1. The number of methoxy groups -OCH3 is 1. The third kappa shape index (κ3) is 7.98. The Labute approximate surface area is 227 Å². The summed E-state index contributed by atoms with van der Waals surface area (Å²) in [6, 6.07) is -0.0789. The number of pyridine rings is 1. The van der Waals surface area contributed by atoms with E-state index in [1.165, 1.54) is 4.57 Å². The Hall–Kier alpha value is -2.53. The topological polar surface area (TPSA) is 107 Å². The zero-order chi connectivity index (χ0) is 27.4. The number of aromatic nitrogens is 2. The lowest BCUT2D eigenvalue weighted by molar-refractivity contribution is 0.0497. The second-order valence-corrected chi connectivity index (χ2v) is 12.1. The summed E-state index contributed by atoms with van der Waals surface area (Å²) in [5.74, 6) is 0. The lowest BCUT2D eigenvalue weighted by atomic mass is 10.0. The standard InChI is InChI=1S/C26H40BrN5O5/c1-25(2,3)36-23(33)30-17-10-8-12-31(15-17)21-18(27)14-29-22-20(21)19(28-11-9-13-35-7)16-32(22)24(34)37-26(4,5)6/h14,16-17,28H,8-13,15H2,1-7H3,(H,30,33)/t17-/m1/s1. The van der Waals surface area contributed by atoms with E-state index in [4.69, 9.17) is 14.2 Å². The van der Waals surface area contributed by atoms with Gasteiger partial charge < -0.3 is 29.7 Å². The summed E-state index contributed by atoms with van der Waals surface area (Å²) in [7, 11) is 1.67. The molecule has 1 atom stereocenters. The highest BCUT2D eigenvalue weighted by atomic mass is 79.9. The van der Waals surface area contributed by atoms with E-state index in [9.17, 15) is 9.59 Å². The van der Waals surface area contributed by atoms with Crippen molar-refractivity contribution in [3.05, 3.63) is 16.9 Å². The van der Waals surface area contributed by atoms with Gasteiger partial charge in [0.25, 0.3) is 0 Å². The van der Waals surface area contributed by atoms with Crippen LogP contribution in [0, 0.1) is 0 Å². The van der Waals surface area contributed by atoms with Gasteiger partial charge in [-0.2, -0.15) is 0 Å². The number of amides is 1. The predicted molar refractivity (Wildman–Crippen MR) is 149 cm³/mol. The van der Waals surface area contributed by atoms with E-state index in [0.717, 1.165) is 47.0 Å². The monoisotopic (exact) mass is 581 g/mol. The zero-order valence-corrected chi connectivity index (χ0v) is 24.5. The fourth-order valence-corrected chi connectivity index (χ4v) is 4.81. The Morgan fingerprint density at radius 2 is 1.86 bits per heavy atom. The van der Waals surface area contributed by atoms with Crippen molar-refractivity contribution in [3.8, 4) is 0 Å². The van der Waals surface area contributed by atoms with E-state index >= 15 is 0 Å². The Morgan fingerprint density at radius 3 is 2.51 bits per heavy atom. The van der Waals surface area contributed by atoms with Gasteiger partial charge in [-0.05, 0) is 76.7 Å². The molecule has 0 radical (unpaired) electrons. The van der Waals surface area contributed by atoms with Crippen LogP contribution in [-0.2, 0) is 14.2 Å². The van der Waals surface area contributed by atoms with Gasteiger partial charge in [0, 0.05) is 51.8 Å². The lowest BCUT2D eigenvalue weighted by Crippen LogP contribution is -2.49. The fraction of sp³-hybridized carbons (Fsp3) is 0.654. The molecule has 2 aromatic rings. The Morgan fingerprint density at radius 1 is 1.16 bits per heavy atom. The van der Waals surface area contributed by atoms with Crippen LogP contribution >= 0.6 is 15.9 Å². The number of halogens is 1. The Kier molecular flexibility index (Phi) is 9.33. The fourth-order valence-electron chi connectivity index (χ4n) is 4.26. The van der Waals surface area contributed by atoms with Crippen LogP contribution in [0.15, 0.2) is 16.9 Å². The van der Waals surface area contributed by atoms with Crippen molar-refractivity contribution in [3.63, 3.8) is 0 Å². The van der Waals surface area contributed by atoms with Crippen molar-refractivity contribution in [2.75, 3.05) is 43.6 Å². The number of nitrogens with zero attached hydrogens (tertiary/aromatic N) is 3. The average Bonchev–Trinajstić information content (AvgIpc) is 3.13. The van der Waals surface area contributed by atoms with Gasteiger partial charge >= 0.3 is 12.2 Å². The van der Waals surface area contributed by atoms with E-state index in [1.54, 1.807) is 19.5 Å². The van der Waals surface area contributed by atoms with E-state index in [-0.39, 0.29) is 6.04 Å². The third-order valence-electron chi connectivity index (χ3n) is 5.63. The smallest absolute Gasteiger partial charge is 0.420 e. The van der Waals surface area contributed by atoms with Gasteiger partial charge in [-0.1, -0.05) is 0 Å². The first-order valence-corrected chi connectivity index (χ1v) is 13.5. The van der Waals surface area contributed by atoms with Crippen LogP contribution in [0.3, 0.4) is 0 Å². The molecule has 0 unspecified atom stereocenters. The Bertz CT molecular complexity index is 1110. The van der Waals surface area contributed by atoms with Gasteiger partial charge in [0.1, 0.15) is 11.2 Å². The van der Waals surface area contributed by atoms with Crippen molar-refractivity contribution in [2.24, 2.45) is 0 Å². The number of carbonyl (C=O) groups is 2. The van der Waals surface area contributed by atoms with Crippen LogP contribution < -0.4 is 15.5 Å². The normalized spacial score (nSPS) is 16.5. The molecule has 1 fully saturated rings. The summed E-state index contributed by atoms with van der Waals surface area (Å²) in [6.07, 6.45) is 5.08. The summed E-state index contributed by atoms with van der Waals surface area (Å²) in [6.45, 7) is 13.7. The summed E-state index contributed by atoms with van der Waals surface area (Å²) in [5.41, 5.74) is 0.988. The molecule has 0 aliphatic carbocycles. The van der Waals surface area contributed by atoms with Crippen molar-refractivity contribution >= 4 is 50.5 Å². The van der Waals surface area contributed by atoms with Crippen LogP contribution in [0.2, 0.25) is 0 Å². The highest BCUT2D eigenvalue weighted by Crippen LogP contribution is 2.40. The minimum absolute atomic E-state index is 0.0789. The maximum atomic E-state index is 13.1. The molecule has 1 aliphatic heterocycles. The molecule has 1 amide bonds. The van der Waals surface area contributed by atoms with E-state index in [1.807, 2.05) is 41.5 Å². The minimum atomic E-state index is -0.647. The number of fused-ring (bicyclic) bond motifs is 1. The van der Waals surface area contributed by atoms with E-state index < -0.39 is 23.4 Å². The molecule has 37 heavy (non-hydrogen) atoms. The molecule has 206 valence electrons. The number of anilines is 2. The predicted octanol–water partition coefficient (Wildman–Crippen LogP) is 5.52. The highest BCUT2D eigenvalue weighted by molar-refractivity contribution is 9.10. The number of piperidine rings is 1. The number of rotatable bonds is 7. The molecule has 11 heteroatoms.